The van der Waals surface area contributed by atoms with Crippen LogP contribution >= 0.6 is 11.3 Å². The Bertz CT molecular complexity index is 1490. The van der Waals surface area contributed by atoms with Crippen molar-refractivity contribution in [2.75, 3.05) is 24.7 Å². The Hall–Kier alpha value is -3.43. The number of aliphatic hydroxyl groups excluding tert-OH is 1. The molecule has 0 aliphatic heterocycles. The maximum Gasteiger partial charge on any atom is 0.185 e. The van der Waals surface area contributed by atoms with Gasteiger partial charge in [-0.15, -0.1) is 0 Å². The smallest absolute Gasteiger partial charge is 0.185 e. The SMILES string of the molecule is CN(C)c1nc2cccc(-c3cc4c(-c5cnn(C6CCC(O)CC6)c5)cnc(N)c4o3)c2s1. The molecule has 1 aliphatic rings. The van der Waals surface area contributed by atoms with Crippen LogP contribution in [0.4, 0.5) is 10.9 Å². The van der Waals surface area contributed by atoms with Crippen molar-refractivity contribution < 1.29 is 9.52 Å². The summed E-state index contributed by atoms with van der Waals surface area (Å²) in [5, 5.41) is 16.3. The lowest BCUT2D eigenvalue weighted by molar-refractivity contribution is 0.108. The minimum Gasteiger partial charge on any atom is -0.452 e. The fourth-order valence-corrected chi connectivity index (χ4v) is 5.73. The normalized spacial score (nSPS) is 18.7. The van der Waals surface area contributed by atoms with E-state index >= 15 is 0 Å². The molecule has 1 aromatic carbocycles. The number of hydrogen-bond donors (Lipinski definition) is 2. The fraction of sp³-hybridized carbons (Fsp3) is 0.320. The zero-order valence-corrected chi connectivity index (χ0v) is 19.9. The number of hydrogen-bond acceptors (Lipinski definition) is 8. The molecule has 0 spiro atoms. The first kappa shape index (κ1) is 21.1. The molecule has 0 atom stereocenters. The highest BCUT2D eigenvalue weighted by Gasteiger charge is 2.23. The molecule has 8 nitrogen and oxygen atoms in total. The number of nitrogens with two attached hydrogens (primary N) is 1. The predicted molar refractivity (Wildman–Crippen MR) is 136 cm³/mol. The first-order valence-electron chi connectivity index (χ1n) is 11.5. The van der Waals surface area contributed by atoms with Gasteiger partial charge in [-0.1, -0.05) is 17.4 Å². The van der Waals surface area contributed by atoms with Gasteiger partial charge in [-0.2, -0.15) is 5.10 Å². The van der Waals surface area contributed by atoms with E-state index in [0.717, 1.165) is 68.9 Å². The van der Waals surface area contributed by atoms with Crippen LogP contribution in [0.1, 0.15) is 31.7 Å². The van der Waals surface area contributed by atoms with Gasteiger partial charge in [0, 0.05) is 48.6 Å². The summed E-state index contributed by atoms with van der Waals surface area (Å²) < 4.78 is 9.38. The molecule has 0 radical (unpaired) electrons. The fourth-order valence-electron chi connectivity index (χ4n) is 4.73. The molecule has 3 N–H and O–H groups in total. The second-order valence-corrected chi connectivity index (χ2v) is 10.1. The molecule has 1 saturated carbocycles. The molecule has 34 heavy (non-hydrogen) atoms. The van der Waals surface area contributed by atoms with Crippen LogP contribution in [0.3, 0.4) is 0 Å². The van der Waals surface area contributed by atoms with E-state index in [1.54, 1.807) is 17.5 Å². The van der Waals surface area contributed by atoms with E-state index in [4.69, 9.17) is 15.1 Å². The molecule has 174 valence electrons. The van der Waals surface area contributed by atoms with Gasteiger partial charge in [0.15, 0.2) is 16.5 Å². The summed E-state index contributed by atoms with van der Waals surface area (Å²) in [6.07, 6.45) is 9.04. The van der Waals surface area contributed by atoms with E-state index in [-0.39, 0.29) is 6.10 Å². The number of rotatable bonds is 4. The molecule has 0 unspecified atom stereocenters. The van der Waals surface area contributed by atoms with Gasteiger partial charge in [-0.05, 0) is 43.9 Å². The topological polar surface area (TPSA) is 106 Å². The third-order valence-corrected chi connectivity index (χ3v) is 7.86. The van der Waals surface area contributed by atoms with E-state index in [1.807, 2.05) is 48.1 Å². The monoisotopic (exact) mass is 474 g/mol. The number of aromatic nitrogens is 4. The molecule has 0 amide bonds. The van der Waals surface area contributed by atoms with Gasteiger partial charge in [0.25, 0.3) is 0 Å². The Morgan fingerprint density at radius 2 is 1.97 bits per heavy atom. The minimum atomic E-state index is -0.187. The van der Waals surface area contributed by atoms with Gasteiger partial charge >= 0.3 is 0 Å². The van der Waals surface area contributed by atoms with Crippen LogP contribution in [-0.2, 0) is 0 Å². The molecular formula is C25H26N6O2S. The molecule has 1 aliphatic carbocycles. The highest BCUT2D eigenvalue weighted by molar-refractivity contribution is 7.22. The highest BCUT2D eigenvalue weighted by Crippen LogP contribution is 2.41. The molecule has 0 saturated heterocycles. The van der Waals surface area contributed by atoms with E-state index in [9.17, 15) is 5.11 Å². The molecule has 6 rings (SSSR count). The van der Waals surface area contributed by atoms with E-state index < -0.39 is 0 Å². The molecule has 4 heterocycles. The van der Waals surface area contributed by atoms with Gasteiger partial charge < -0.3 is 20.2 Å². The lowest BCUT2D eigenvalue weighted by Crippen LogP contribution is -2.21. The van der Waals surface area contributed by atoms with Crippen molar-refractivity contribution in [2.24, 2.45) is 0 Å². The van der Waals surface area contributed by atoms with Crippen molar-refractivity contribution in [3.05, 3.63) is 42.9 Å². The second kappa shape index (κ2) is 8.11. The third-order valence-electron chi connectivity index (χ3n) is 6.59. The standard InChI is InChI=1S/C25H26N6O2S/c1-30(2)25-29-20-5-3-4-17(23(20)34-25)21-10-18-19(12-27-24(26)22(18)33-21)14-11-28-31(13-14)15-6-8-16(32)9-7-15/h3-5,10-13,15-16,32H,6-9H2,1-2H3,(H2,26,27). The zero-order chi connectivity index (χ0) is 23.4. The van der Waals surface area contributed by atoms with E-state index in [0.29, 0.717) is 17.4 Å². The molecule has 1 fully saturated rings. The van der Waals surface area contributed by atoms with Crippen LogP contribution < -0.4 is 10.6 Å². The second-order valence-electron chi connectivity index (χ2n) is 9.13. The summed E-state index contributed by atoms with van der Waals surface area (Å²) in [6, 6.07) is 8.42. The summed E-state index contributed by atoms with van der Waals surface area (Å²) in [6.45, 7) is 0. The largest absolute Gasteiger partial charge is 0.452 e. The number of furan rings is 1. The van der Waals surface area contributed by atoms with Crippen molar-refractivity contribution in [1.29, 1.82) is 0 Å². The minimum absolute atomic E-state index is 0.187. The van der Waals surface area contributed by atoms with Crippen LogP contribution in [-0.4, -0.2) is 45.1 Å². The Labute approximate surface area is 200 Å². The van der Waals surface area contributed by atoms with Crippen LogP contribution in [0.15, 0.2) is 47.3 Å². The van der Waals surface area contributed by atoms with Crippen LogP contribution in [0, 0.1) is 0 Å². The van der Waals surface area contributed by atoms with Crippen LogP contribution in [0.2, 0.25) is 0 Å². The summed E-state index contributed by atoms with van der Waals surface area (Å²) in [7, 11) is 3.99. The van der Waals surface area contributed by atoms with E-state index in [2.05, 4.69) is 22.3 Å². The third kappa shape index (κ3) is 3.52. The quantitative estimate of drug-likeness (QED) is 0.373. The maximum absolute atomic E-state index is 9.83. The van der Waals surface area contributed by atoms with Gasteiger partial charge in [-0.25, -0.2) is 9.97 Å². The van der Waals surface area contributed by atoms with Crippen molar-refractivity contribution in [3.63, 3.8) is 0 Å². The molecule has 0 bridgehead atoms. The molecule has 5 aromatic rings. The van der Waals surface area contributed by atoms with Crippen LogP contribution in [0.5, 0.6) is 0 Å². The number of nitrogens with zero attached hydrogens (tertiary/aromatic N) is 5. The Morgan fingerprint density at radius 3 is 2.76 bits per heavy atom. The molecule has 4 aromatic heterocycles. The van der Waals surface area contributed by atoms with Gasteiger partial charge in [0.1, 0.15) is 5.76 Å². The zero-order valence-electron chi connectivity index (χ0n) is 19.1. The van der Waals surface area contributed by atoms with Crippen molar-refractivity contribution in [1.82, 2.24) is 19.7 Å². The maximum atomic E-state index is 9.83. The Kier molecular flexibility index (Phi) is 5.04. The summed E-state index contributed by atoms with van der Waals surface area (Å²) in [5.74, 6) is 1.10. The number of benzene rings is 1. The first-order chi connectivity index (χ1) is 16.5. The lowest BCUT2D eigenvalue weighted by Gasteiger charge is -2.25. The number of nitrogen functional groups attached to an aromatic ring is 1. The number of anilines is 2. The summed E-state index contributed by atoms with van der Waals surface area (Å²) in [4.78, 5) is 11.1. The van der Waals surface area contributed by atoms with Crippen molar-refractivity contribution >= 4 is 43.5 Å². The lowest BCUT2D eigenvalue weighted by atomic mass is 9.93. The molecular weight excluding hydrogens is 448 g/mol. The summed E-state index contributed by atoms with van der Waals surface area (Å²) in [5.41, 5.74) is 10.6. The summed E-state index contributed by atoms with van der Waals surface area (Å²) >= 11 is 1.64. The molecule has 9 heteroatoms. The Balaban J connectivity index is 1.43. The van der Waals surface area contributed by atoms with Crippen molar-refractivity contribution in [3.8, 4) is 22.5 Å². The number of pyridine rings is 1. The average molecular weight is 475 g/mol. The van der Waals surface area contributed by atoms with E-state index in [1.165, 1.54) is 0 Å². The first-order valence-corrected chi connectivity index (χ1v) is 12.3. The Morgan fingerprint density at radius 1 is 1.15 bits per heavy atom. The number of aliphatic hydroxyl groups is 1. The average Bonchev–Trinajstić information content (AvgIpc) is 3.57. The van der Waals surface area contributed by atoms with Gasteiger partial charge in [-0.3, -0.25) is 4.68 Å². The van der Waals surface area contributed by atoms with Gasteiger partial charge in [0.2, 0.25) is 0 Å². The van der Waals surface area contributed by atoms with Crippen molar-refractivity contribution in [2.45, 2.75) is 37.8 Å². The van der Waals surface area contributed by atoms with Gasteiger partial charge in [0.05, 0.1) is 28.6 Å². The predicted octanol–water partition coefficient (Wildman–Crippen LogP) is 5.09. The number of thiazole rings is 1. The number of fused-ring (bicyclic) bond motifs is 2. The highest BCUT2D eigenvalue weighted by atomic mass is 32.1. The van der Waals surface area contributed by atoms with Crippen LogP contribution in [0.25, 0.3) is 43.6 Å².